The number of urea groups is 1. The van der Waals surface area contributed by atoms with Crippen LogP contribution in [0.2, 0.25) is 0 Å². The van der Waals surface area contributed by atoms with Gasteiger partial charge in [-0.2, -0.15) is 0 Å². The number of guanidine groups is 1. The van der Waals surface area contributed by atoms with Crippen molar-refractivity contribution < 1.29 is 14.3 Å². The first kappa shape index (κ1) is 27.5. The highest BCUT2D eigenvalue weighted by atomic mass is 16.5. The Bertz CT molecular complexity index is 1110. The Balaban J connectivity index is 1.33. The van der Waals surface area contributed by atoms with E-state index in [1.54, 1.807) is 24.1 Å². The first-order valence-electron chi connectivity index (χ1n) is 13.9. The second-order valence-electron chi connectivity index (χ2n) is 10.6. The first-order valence-corrected chi connectivity index (χ1v) is 13.9. The molecule has 8 nitrogen and oxygen atoms in total. The number of nitrogens with one attached hydrogen (secondary N) is 4. The summed E-state index contributed by atoms with van der Waals surface area (Å²) in [4.78, 5) is 27.6. The molecule has 1 heterocycles. The number of carbonyl (C=O) groups is 2. The third kappa shape index (κ3) is 6.85. The van der Waals surface area contributed by atoms with Gasteiger partial charge in [-0.25, -0.2) is 4.79 Å². The fraction of sp³-hybridized carbons (Fsp3) is 0.500. The van der Waals surface area contributed by atoms with Crippen LogP contribution in [0.3, 0.4) is 0 Å². The molecule has 4 N–H and O–H groups in total. The smallest absolute Gasteiger partial charge is 0.319 e. The largest absolute Gasteiger partial charge is 0.497 e. The molecule has 4 rings (SSSR count). The highest BCUT2D eigenvalue weighted by Gasteiger charge is 2.49. The molecule has 3 amide bonds. The Kier molecular flexibility index (Phi) is 9.26. The zero-order chi connectivity index (χ0) is 27.0. The molecule has 1 unspecified atom stereocenters. The van der Waals surface area contributed by atoms with Gasteiger partial charge in [-0.15, -0.1) is 0 Å². The lowest BCUT2D eigenvalue weighted by atomic mass is 9.77. The summed E-state index contributed by atoms with van der Waals surface area (Å²) in [6, 6.07) is 14.7. The summed E-state index contributed by atoms with van der Waals surface area (Å²) in [5.41, 5.74) is 1.92. The van der Waals surface area contributed by atoms with Crippen LogP contribution in [0.15, 0.2) is 48.5 Å². The third-order valence-electron chi connectivity index (χ3n) is 7.75. The number of unbranched alkanes of at least 4 members (excludes halogenated alkanes) is 1. The van der Waals surface area contributed by atoms with Crippen molar-refractivity contribution in [2.45, 2.75) is 83.3 Å². The summed E-state index contributed by atoms with van der Waals surface area (Å²) in [6.45, 7) is 2.89. The maximum Gasteiger partial charge on any atom is 0.319 e. The Labute approximate surface area is 226 Å². The molecule has 38 heavy (non-hydrogen) atoms. The predicted molar refractivity (Wildman–Crippen MR) is 150 cm³/mol. The van der Waals surface area contributed by atoms with Gasteiger partial charge in [0, 0.05) is 18.3 Å². The van der Waals surface area contributed by atoms with Gasteiger partial charge in [0.25, 0.3) is 5.91 Å². The summed E-state index contributed by atoms with van der Waals surface area (Å²) < 4.78 is 5.19. The standard InChI is InChI=1S/C30H41N5O3/c1-3-4-17-30(19-22-9-6-5-7-10-22)27(36)35(28(31)34-30)21-24-15-13-23(14-16-24)20-32-29(37)33-25-11-8-12-26(18-25)38-2/h8,11-16,18,22H,3-7,9-10,17,19-21H2,1-2H3,(H2,31,34)(H2,32,33,37). The van der Waals surface area contributed by atoms with E-state index in [-0.39, 0.29) is 17.9 Å². The number of hydrogen-bond acceptors (Lipinski definition) is 4. The lowest BCUT2D eigenvalue weighted by molar-refractivity contribution is -0.132. The molecule has 1 aliphatic carbocycles. The second kappa shape index (κ2) is 12.8. The molecule has 2 aliphatic rings. The van der Waals surface area contributed by atoms with Crippen LogP contribution in [0.1, 0.15) is 75.8 Å². The summed E-state index contributed by atoms with van der Waals surface area (Å²) in [5, 5.41) is 17.6. The van der Waals surface area contributed by atoms with Gasteiger partial charge in [0.2, 0.25) is 0 Å². The Hall–Kier alpha value is -3.55. The molecular formula is C30H41N5O3. The average Bonchev–Trinajstić information content (AvgIpc) is 3.16. The number of ether oxygens (including phenoxy) is 1. The van der Waals surface area contributed by atoms with Crippen molar-refractivity contribution in [3.8, 4) is 5.75 Å². The van der Waals surface area contributed by atoms with Crippen LogP contribution in [0, 0.1) is 11.3 Å². The van der Waals surface area contributed by atoms with E-state index in [2.05, 4.69) is 22.9 Å². The van der Waals surface area contributed by atoms with E-state index >= 15 is 0 Å². The predicted octanol–water partition coefficient (Wildman–Crippen LogP) is 5.78. The Morgan fingerprint density at radius 3 is 2.58 bits per heavy atom. The van der Waals surface area contributed by atoms with Gasteiger partial charge in [-0.3, -0.25) is 15.1 Å². The van der Waals surface area contributed by atoms with E-state index in [1.807, 2.05) is 36.4 Å². The van der Waals surface area contributed by atoms with Crippen molar-refractivity contribution in [2.75, 3.05) is 12.4 Å². The molecule has 2 aromatic carbocycles. The average molecular weight is 520 g/mol. The van der Waals surface area contributed by atoms with Gasteiger partial charge in [0.05, 0.1) is 13.7 Å². The van der Waals surface area contributed by atoms with Crippen molar-refractivity contribution in [1.29, 1.82) is 5.41 Å². The quantitative estimate of drug-likeness (QED) is 0.302. The van der Waals surface area contributed by atoms with Crippen molar-refractivity contribution >= 4 is 23.6 Å². The van der Waals surface area contributed by atoms with Crippen LogP contribution < -0.4 is 20.7 Å². The minimum Gasteiger partial charge on any atom is -0.497 e. The number of amides is 3. The maximum absolute atomic E-state index is 13.7. The van der Waals surface area contributed by atoms with Crippen LogP contribution >= 0.6 is 0 Å². The van der Waals surface area contributed by atoms with Gasteiger partial charge >= 0.3 is 6.03 Å². The molecule has 1 atom stereocenters. The molecule has 0 spiro atoms. The highest BCUT2D eigenvalue weighted by Crippen LogP contribution is 2.36. The molecule has 1 saturated heterocycles. The number of anilines is 1. The zero-order valence-electron chi connectivity index (χ0n) is 22.6. The fourth-order valence-corrected chi connectivity index (χ4v) is 5.63. The van der Waals surface area contributed by atoms with Crippen molar-refractivity contribution in [3.63, 3.8) is 0 Å². The first-order chi connectivity index (χ1) is 18.4. The van der Waals surface area contributed by atoms with E-state index in [9.17, 15) is 9.59 Å². The van der Waals surface area contributed by atoms with Crippen LogP contribution in [0.25, 0.3) is 0 Å². The van der Waals surface area contributed by atoms with E-state index in [4.69, 9.17) is 10.1 Å². The number of benzene rings is 2. The highest BCUT2D eigenvalue weighted by molar-refractivity contribution is 6.07. The second-order valence-corrected chi connectivity index (χ2v) is 10.6. The van der Waals surface area contributed by atoms with Crippen LogP contribution in [-0.4, -0.2) is 35.4 Å². The van der Waals surface area contributed by atoms with Gasteiger partial charge in [-0.1, -0.05) is 82.2 Å². The summed E-state index contributed by atoms with van der Waals surface area (Å²) in [6.07, 6.45) is 9.75. The molecule has 2 aromatic rings. The van der Waals surface area contributed by atoms with E-state index in [1.165, 1.54) is 32.1 Å². The fourth-order valence-electron chi connectivity index (χ4n) is 5.63. The van der Waals surface area contributed by atoms with Gasteiger partial charge in [-0.05, 0) is 42.0 Å². The minimum atomic E-state index is -0.644. The number of carbonyl (C=O) groups excluding carboxylic acids is 2. The van der Waals surface area contributed by atoms with Crippen molar-refractivity contribution in [1.82, 2.24) is 15.5 Å². The Morgan fingerprint density at radius 1 is 1.13 bits per heavy atom. The molecule has 0 radical (unpaired) electrons. The molecule has 2 fully saturated rings. The molecule has 1 saturated carbocycles. The topological polar surface area (TPSA) is 107 Å². The number of nitrogens with zero attached hydrogens (tertiary/aromatic N) is 1. The zero-order valence-corrected chi connectivity index (χ0v) is 22.6. The SMILES string of the molecule is CCCCC1(CC2CCCCC2)NC(=N)N(Cc2ccc(CNC(=O)Nc3cccc(OC)c3)cc2)C1=O. The summed E-state index contributed by atoms with van der Waals surface area (Å²) >= 11 is 0. The lowest BCUT2D eigenvalue weighted by Gasteiger charge is -2.33. The normalized spacial score (nSPS) is 19.8. The van der Waals surface area contributed by atoms with E-state index in [0.29, 0.717) is 30.4 Å². The molecular weight excluding hydrogens is 478 g/mol. The number of hydrogen-bond donors (Lipinski definition) is 4. The van der Waals surface area contributed by atoms with Crippen LogP contribution in [-0.2, 0) is 17.9 Å². The van der Waals surface area contributed by atoms with E-state index in [0.717, 1.165) is 36.8 Å². The van der Waals surface area contributed by atoms with E-state index < -0.39 is 5.54 Å². The molecule has 8 heteroatoms. The summed E-state index contributed by atoms with van der Waals surface area (Å²) in [7, 11) is 1.59. The lowest BCUT2D eigenvalue weighted by Crippen LogP contribution is -2.48. The third-order valence-corrected chi connectivity index (χ3v) is 7.75. The van der Waals surface area contributed by atoms with Crippen LogP contribution in [0.5, 0.6) is 5.75 Å². The minimum absolute atomic E-state index is 0.0430. The molecule has 204 valence electrons. The van der Waals surface area contributed by atoms with Gasteiger partial charge in [0.1, 0.15) is 11.3 Å². The van der Waals surface area contributed by atoms with Crippen molar-refractivity contribution in [3.05, 3.63) is 59.7 Å². The molecule has 0 aromatic heterocycles. The monoisotopic (exact) mass is 519 g/mol. The Morgan fingerprint density at radius 2 is 1.87 bits per heavy atom. The number of methoxy groups -OCH3 is 1. The van der Waals surface area contributed by atoms with Crippen molar-refractivity contribution in [2.24, 2.45) is 5.92 Å². The van der Waals surface area contributed by atoms with Crippen LogP contribution in [0.4, 0.5) is 10.5 Å². The maximum atomic E-state index is 13.7. The number of rotatable bonds is 11. The molecule has 1 aliphatic heterocycles. The van der Waals surface area contributed by atoms with Gasteiger partial charge < -0.3 is 20.7 Å². The molecule has 0 bridgehead atoms. The van der Waals surface area contributed by atoms with Gasteiger partial charge in [0.15, 0.2) is 5.96 Å². The summed E-state index contributed by atoms with van der Waals surface area (Å²) in [5.74, 6) is 1.48.